The molecule has 6 heteroatoms. The molecule has 0 unspecified atom stereocenters. The Bertz CT molecular complexity index is 853. The Hall–Kier alpha value is -3.15. The second-order valence-corrected chi connectivity index (χ2v) is 4.98. The number of carbonyl (C=O) groups excluding carboxylic acids is 1. The van der Waals surface area contributed by atoms with Gasteiger partial charge in [-0.15, -0.1) is 0 Å². The Kier molecular flexibility index (Phi) is 4.33. The van der Waals surface area contributed by atoms with Crippen molar-refractivity contribution in [1.82, 2.24) is 14.9 Å². The summed E-state index contributed by atoms with van der Waals surface area (Å²) in [4.78, 5) is 27.7. The van der Waals surface area contributed by atoms with E-state index in [1.54, 1.807) is 42.9 Å². The molecule has 0 aromatic carbocycles. The Morgan fingerprint density at radius 2 is 2.09 bits per heavy atom. The quantitative estimate of drug-likeness (QED) is 0.780. The molecule has 0 saturated carbocycles. The first-order valence-electron chi connectivity index (χ1n) is 7.13. The largest absolute Gasteiger partial charge is 0.454 e. The van der Waals surface area contributed by atoms with Gasteiger partial charge in [0.2, 0.25) is 0 Å². The predicted molar refractivity (Wildman–Crippen MR) is 83.9 cm³/mol. The lowest BCUT2D eigenvalue weighted by molar-refractivity contribution is 0.0921. The molecule has 0 aliphatic carbocycles. The molecule has 0 fully saturated rings. The molecule has 0 spiro atoms. The van der Waals surface area contributed by atoms with Crippen LogP contribution in [0.1, 0.15) is 21.9 Å². The summed E-state index contributed by atoms with van der Waals surface area (Å²) in [5, 5.41) is 2.76. The lowest BCUT2D eigenvalue weighted by Crippen LogP contribution is -2.22. The second kappa shape index (κ2) is 6.74. The van der Waals surface area contributed by atoms with Crippen LogP contribution in [0, 0.1) is 0 Å². The highest BCUT2D eigenvalue weighted by molar-refractivity contribution is 5.91. The van der Waals surface area contributed by atoms with E-state index in [9.17, 15) is 9.59 Å². The summed E-state index contributed by atoms with van der Waals surface area (Å²) >= 11 is 0. The minimum atomic E-state index is -0.305. The van der Waals surface area contributed by atoms with Gasteiger partial charge in [-0.25, -0.2) is 0 Å². The Labute approximate surface area is 132 Å². The van der Waals surface area contributed by atoms with Gasteiger partial charge in [-0.05, 0) is 29.8 Å². The van der Waals surface area contributed by atoms with Crippen LogP contribution < -0.4 is 10.9 Å². The third-order valence-corrected chi connectivity index (χ3v) is 3.29. The van der Waals surface area contributed by atoms with Crippen molar-refractivity contribution < 1.29 is 9.21 Å². The molecule has 0 bridgehead atoms. The van der Waals surface area contributed by atoms with Crippen molar-refractivity contribution in [3.63, 3.8) is 0 Å². The summed E-state index contributed by atoms with van der Waals surface area (Å²) in [6.07, 6.45) is 5.04. The van der Waals surface area contributed by atoms with Gasteiger partial charge in [-0.3, -0.25) is 14.6 Å². The molecule has 1 amide bonds. The molecule has 3 rings (SSSR count). The third-order valence-electron chi connectivity index (χ3n) is 3.29. The van der Waals surface area contributed by atoms with E-state index < -0.39 is 0 Å². The zero-order valence-corrected chi connectivity index (χ0v) is 12.3. The Morgan fingerprint density at radius 1 is 1.17 bits per heavy atom. The normalized spacial score (nSPS) is 10.4. The molecule has 0 atom stereocenters. The fraction of sp³-hybridized carbons (Fsp3) is 0.118. The zero-order valence-electron chi connectivity index (χ0n) is 12.3. The molecule has 23 heavy (non-hydrogen) atoms. The highest BCUT2D eigenvalue weighted by Crippen LogP contribution is 2.09. The van der Waals surface area contributed by atoms with E-state index >= 15 is 0 Å². The number of amides is 1. The van der Waals surface area contributed by atoms with Crippen LogP contribution in [-0.4, -0.2) is 15.5 Å². The van der Waals surface area contributed by atoms with Crippen LogP contribution in [0.3, 0.4) is 0 Å². The molecule has 116 valence electrons. The molecule has 1 N–H and O–H groups in total. The first kappa shape index (κ1) is 14.8. The van der Waals surface area contributed by atoms with E-state index in [2.05, 4.69) is 10.3 Å². The molecule has 6 nitrogen and oxygen atoms in total. The van der Waals surface area contributed by atoms with Crippen LogP contribution in [0.5, 0.6) is 0 Å². The van der Waals surface area contributed by atoms with Crippen molar-refractivity contribution >= 4 is 5.91 Å². The van der Waals surface area contributed by atoms with Crippen molar-refractivity contribution in [2.75, 3.05) is 0 Å². The minimum absolute atomic E-state index is 0.119. The van der Waals surface area contributed by atoms with Gasteiger partial charge in [0.15, 0.2) is 5.76 Å². The van der Waals surface area contributed by atoms with E-state index in [1.807, 2.05) is 12.1 Å². The highest BCUT2D eigenvalue weighted by atomic mass is 16.4. The number of nitrogens with one attached hydrogen (secondary N) is 1. The summed E-state index contributed by atoms with van der Waals surface area (Å²) in [5.74, 6) is 0.457. The highest BCUT2D eigenvalue weighted by Gasteiger charge is 2.11. The molecular weight excluding hydrogens is 294 g/mol. The van der Waals surface area contributed by atoms with E-state index in [4.69, 9.17) is 4.42 Å². The average Bonchev–Trinajstić information content (AvgIpc) is 3.04. The average molecular weight is 309 g/mol. The van der Waals surface area contributed by atoms with E-state index in [0.29, 0.717) is 12.3 Å². The molecule has 0 aliphatic rings. The van der Waals surface area contributed by atoms with Gasteiger partial charge in [0.25, 0.3) is 11.5 Å². The van der Waals surface area contributed by atoms with Crippen molar-refractivity contribution in [3.05, 3.63) is 88.5 Å². The van der Waals surface area contributed by atoms with Crippen LogP contribution in [0.25, 0.3) is 0 Å². The Balaban J connectivity index is 1.63. The molecule has 0 aliphatic heterocycles. The van der Waals surface area contributed by atoms with Gasteiger partial charge < -0.3 is 14.3 Å². The van der Waals surface area contributed by atoms with Crippen molar-refractivity contribution in [3.8, 4) is 0 Å². The third kappa shape index (κ3) is 3.74. The van der Waals surface area contributed by atoms with Gasteiger partial charge in [-0.1, -0.05) is 12.1 Å². The number of pyridine rings is 2. The van der Waals surface area contributed by atoms with E-state index in [-0.39, 0.29) is 23.8 Å². The van der Waals surface area contributed by atoms with Crippen molar-refractivity contribution in [1.29, 1.82) is 0 Å². The second-order valence-electron chi connectivity index (χ2n) is 4.98. The summed E-state index contributed by atoms with van der Waals surface area (Å²) in [5.41, 5.74) is 0.787. The standard InChI is InChI=1S/C17H15N3O3/c21-16-5-1-2-9-20(16)12-14-6-7-15(23-14)17(22)19-11-13-4-3-8-18-10-13/h1-10H,11-12H2,(H,19,22). The number of hydrogen-bond donors (Lipinski definition) is 1. The molecule has 3 heterocycles. The number of aromatic nitrogens is 2. The fourth-order valence-corrected chi connectivity index (χ4v) is 2.12. The van der Waals surface area contributed by atoms with E-state index in [1.165, 1.54) is 10.6 Å². The first-order chi connectivity index (χ1) is 11.2. The Morgan fingerprint density at radius 3 is 2.87 bits per heavy atom. The lowest BCUT2D eigenvalue weighted by Gasteiger charge is -2.03. The van der Waals surface area contributed by atoms with Crippen LogP contribution in [-0.2, 0) is 13.1 Å². The van der Waals surface area contributed by atoms with Gasteiger partial charge >= 0.3 is 0 Å². The monoisotopic (exact) mass is 309 g/mol. The SMILES string of the molecule is O=C(NCc1cccnc1)c1ccc(Cn2ccccc2=O)o1. The van der Waals surface area contributed by atoms with Gasteiger partial charge in [-0.2, -0.15) is 0 Å². The number of nitrogens with zero attached hydrogens (tertiary/aromatic N) is 2. The molecular formula is C17H15N3O3. The maximum atomic E-state index is 12.1. The number of hydrogen-bond acceptors (Lipinski definition) is 4. The van der Waals surface area contributed by atoms with Crippen LogP contribution in [0.4, 0.5) is 0 Å². The molecule has 0 saturated heterocycles. The first-order valence-corrected chi connectivity index (χ1v) is 7.13. The molecule has 0 radical (unpaired) electrons. The topological polar surface area (TPSA) is 77.1 Å². The fourth-order valence-electron chi connectivity index (χ4n) is 2.12. The smallest absolute Gasteiger partial charge is 0.287 e. The summed E-state index contributed by atoms with van der Waals surface area (Å²) < 4.78 is 7.02. The predicted octanol–water partition coefficient (Wildman–Crippen LogP) is 1.81. The maximum Gasteiger partial charge on any atom is 0.287 e. The van der Waals surface area contributed by atoms with E-state index in [0.717, 1.165) is 5.56 Å². The van der Waals surface area contributed by atoms with Gasteiger partial charge in [0, 0.05) is 31.2 Å². The minimum Gasteiger partial charge on any atom is -0.454 e. The number of rotatable bonds is 5. The van der Waals surface area contributed by atoms with Crippen LogP contribution in [0.2, 0.25) is 0 Å². The number of carbonyl (C=O) groups is 1. The zero-order chi connectivity index (χ0) is 16.1. The van der Waals surface area contributed by atoms with Gasteiger partial charge in [0.1, 0.15) is 5.76 Å². The lowest BCUT2D eigenvalue weighted by atomic mass is 10.3. The van der Waals surface area contributed by atoms with Crippen LogP contribution in [0.15, 0.2) is 70.3 Å². The van der Waals surface area contributed by atoms with Gasteiger partial charge in [0.05, 0.1) is 6.54 Å². The van der Waals surface area contributed by atoms with Crippen molar-refractivity contribution in [2.24, 2.45) is 0 Å². The summed E-state index contributed by atoms with van der Waals surface area (Å²) in [7, 11) is 0. The molecule has 3 aromatic rings. The number of furan rings is 1. The summed E-state index contributed by atoms with van der Waals surface area (Å²) in [6, 6.07) is 11.9. The summed E-state index contributed by atoms with van der Waals surface area (Å²) in [6.45, 7) is 0.663. The maximum absolute atomic E-state index is 12.1. The molecule has 3 aromatic heterocycles. The van der Waals surface area contributed by atoms with Crippen LogP contribution >= 0.6 is 0 Å². The van der Waals surface area contributed by atoms with Crippen molar-refractivity contribution in [2.45, 2.75) is 13.1 Å².